The molecule has 6 N–H and O–H groups in total. The van der Waals surface area contributed by atoms with Crippen LogP contribution in [0.3, 0.4) is 0 Å². The number of aliphatic hydroxyl groups is 4. The van der Waals surface area contributed by atoms with Crippen molar-refractivity contribution in [3.63, 3.8) is 0 Å². The molecule has 5 aliphatic heterocycles. The summed E-state index contributed by atoms with van der Waals surface area (Å²) in [6.07, 6.45) is 0.961. The SMILES string of the molecule is CC.CC(C)(C)C(C)(C)C(=O)OCC(O)CO.CC(C)(C)C(C)(C)C(=O)ONCCO.CC(C)(C)C(C)(C)c1ccccc1.CC1C(=O)N(C)C(=O)C1C.CC1C(=O)NC(=O)C1C.CC1C(=O)OC(=O)C1C.CC1C(C)C2CC1C1C(=O)OC(=O)C21.CCC1(C)CC(=O)OC1=O.CO. The lowest BCUT2D eigenvalue weighted by Gasteiger charge is -2.39. The summed E-state index contributed by atoms with van der Waals surface area (Å²) in [4.78, 5) is 138. The summed E-state index contributed by atoms with van der Waals surface area (Å²) in [6.45, 7) is 52.7. The number of nitrogens with one attached hydrogen (secondary N) is 2. The standard InChI is InChI=1S/C13H20.C11H22O4.C11H14O3.C10H21NO3.C7H11NO2.C7H10O3.C6H9NO2.C6H8O3.C2H6.CH4O/c1-12(2,3)13(4,5)11-9-7-6-8-10-11;1-10(2,3)11(4,5)9(14)15-7-8(13)6-12;1-4-5(2)7-3-6(4)8-9(7)11(13)14-10(8)12;1-9(2,3)10(4,5)8(13)14-11-6-7-12;1-4-5(2)7(10)8(3)6(4)9;1-3-7(2)4-5(8)10-6(7)9;1-3-4(2)6(9)7-5(3)8;1-3-4(2)6(8)9-5(3)7;2*1-2/h6-10H,1-5H3;8,12-13H,6-7H2,1-5H3;4-9H,3H2,1-2H3;11-12H,6-7H2,1-5H3;4-5H,1-3H3;3-4H2,1-2H3;3-4H,1-2H3,(H,7,8,9);3-4H,1-2H3;1-2H3;2H,1H3. The van der Waals surface area contributed by atoms with Crippen molar-refractivity contribution in [3.05, 3.63) is 35.9 Å². The van der Waals surface area contributed by atoms with Gasteiger partial charge in [-0.2, -0.15) is 5.48 Å². The molecule has 7 aliphatic rings. The molecule has 4 amide bonds. The van der Waals surface area contributed by atoms with Crippen molar-refractivity contribution in [2.75, 3.05) is 40.5 Å². The van der Waals surface area contributed by atoms with Gasteiger partial charge in [0.25, 0.3) is 0 Å². The number of amides is 4. The van der Waals surface area contributed by atoms with Crippen molar-refractivity contribution in [2.24, 2.45) is 104 Å². The van der Waals surface area contributed by atoms with Gasteiger partial charge in [0.2, 0.25) is 23.6 Å². The van der Waals surface area contributed by atoms with E-state index in [4.69, 9.17) is 34.7 Å². The van der Waals surface area contributed by atoms with Gasteiger partial charge in [-0.25, -0.2) is 4.79 Å². The second kappa shape index (κ2) is 39.6. The number of fused-ring (bicyclic) bond motifs is 5. The first kappa shape index (κ1) is 93.7. The predicted molar refractivity (Wildman–Crippen MR) is 369 cm³/mol. The van der Waals surface area contributed by atoms with E-state index in [0.717, 1.165) is 13.5 Å². The number of hydrogen-bond donors (Lipinski definition) is 6. The Labute approximate surface area is 584 Å². The molecule has 562 valence electrons. The first-order valence-electron chi connectivity index (χ1n) is 34.2. The Balaban J connectivity index is 0. The Morgan fingerprint density at radius 3 is 1.26 bits per heavy atom. The lowest BCUT2D eigenvalue weighted by atomic mass is 9.65. The molecule has 0 radical (unpaired) electrons. The van der Waals surface area contributed by atoms with Crippen molar-refractivity contribution in [3.8, 4) is 0 Å². The number of nitrogens with zero attached hydrogens (tertiary/aromatic N) is 1. The monoisotopic (exact) mass is 1390 g/mol. The number of carbonyl (C=O) groups is 12. The van der Waals surface area contributed by atoms with Crippen LogP contribution in [-0.2, 0) is 86.7 Å². The van der Waals surface area contributed by atoms with E-state index < -0.39 is 46.9 Å². The Bertz CT molecular complexity index is 2700. The molecular formula is C74H125N3O21. The number of likely N-dealkylation sites (tertiary alicyclic amines) is 1. The Kier molecular flexibility index (Phi) is 37.9. The Morgan fingerprint density at radius 2 is 0.990 bits per heavy atom. The van der Waals surface area contributed by atoms with Crippen LogP contribution in [0, 0.1) is 104 Å². The van der Waals surface area contributed by atoms with Gasteiger partial charge in [-0.1, -0.05) is 183 Å². The minimum atomic E-state index is -0.996. The van der Waals surface area contributed by atoms with Gasteiger partial charge < -0.3 is 44.2 Å². The zero-order valence-corrected chi connectivity index (χ0v) is 64.5. The minimum absolute atomic E-state index is 0.0524. The van der Waals surface area contributed by atoms with Gasteiger partial charge in [0.15, 0.2) is 0 Å². The topological polar surface area (TPSA) is 359 Å². The number of imide groups is 2. The average molecular weight is 1390 g/mol. The zero-order chi connectivity index (χ0) is 77.5. The van der Waals surface area contributed by atoms with Crippen LogP contribution in [0.1, 0.15) is 212 Å². The van der Waals surface area contributed by atoms with Crippen LogP contribution in [0.5, 0.6) is 0 Å². The Morgan fingerprint density at radius 1 is 0.602 bits per heavy atom. The molecule has 5 saturated heterocycles. The summed E-state index contributed by atoms with van der Waals surface area (Å²) in [6, 6.07) is 10.7. The number of hydroxylamine groups is 1. The highest BCUT2D eigenvalue weighted by molar-refractivity contribution is 6.05. The van der Waals surface area contributed by atoms with Gasteiger partial charge in [0.1, 0.15) is 12.7 Å². The summed E-state index contributed by atoms with van der Waals surface area (Å²) < 4.78 is 18.4. The average Bonchev–Trinajstić information content (AvgIpc) is 1.56. The van der Waals surface area contributed by atoms with E-state index in [1.54, 1.807) is 62.3 Å². The smallest absolute Gasteiger partial charge is 0.330 e. The number of benzene rings is 1. The van der Waals surface area contributed by atoms with E-state index in [9.17, 15) is 57.5 Å². The lowest BCUT2D eigenvalue weighted by Crippen LogP contribution is -2.41. The van der Waals surface area contributed by atoms with Crippen molar-refractivity contribution >= 4 is 71.4 Å². The summed E-state index contributed by atoms with van der Waals surface area (Å²) in [5, 5.41) is 35.3. The molecule has 8 rings (SSSR count). The molecule has 14 atom stereocenters. The number of cyclic esters (lactones) is 6. The highest BCUT2D eigenvalue weighted by Crippen LogP contribution is 2.60. The zero-order valence-electron chi connectivity index (χ0n) is 64.5. The molecule has 14 unspecified atom stereocenters. The van der Waals surface area contributed by atoms with E-state index >= 15 is 0 Å². The number of ether oxygens (including phenoxy) is 4. The van der Waals surface area contributed by atoms with E-state index in [1.165, 1.54) is 17.5 Å². The summed E-state index contributed by atoms with van der Waals surface area (Å²) in [5.41, 5.74) is 2.26. The van der Waals surface area contributed by atoms with Gasteiger partial charge in [-0.15, -0.1) is 0 Å². The molecule has 1 aromatic rings. The molecular weight excluding hydrogens is 1270 g/mol. The maximum Gasteiger partial charge on any atom is 0.330 e. The van der Waals surface area contributed by atoms with Crippen LogP contribution in [0.4, 0.5) is 0 Å². The molecule has 1 aromatic carbocycles. The van der Waals surface area contributed by atoms with Gasteiger partial charge in [0, 0.05) is 37.8 Å². The fourth-order valence-electron chi connectivity index (χ4n) is 10.0. The number of rotatable bonds is 10. The quantitative estimate of drug-likeness (QED) is 0.0317. The number of carbonyl (C=O) groups excluding carboxylic acids is 12. The highest BCUT2D eigenvalue weighted by Gasteiger charge is 2.64. The minimum Gasteiger partial charge on any atom is -0.462 e. The maximum absolute atomic E-state index is 11.7. The summed E-state index contributed by atoms with van der Waals surface area (Å²) in [7, 11) is 2.53. The molecule has 2 bridgehead atoms. The Hall–Kier alpha value is -6.34. The third-order valence-electron chi connectivity index (χ3n) is 21.6. The van der Waals surface area contributed by atoms with Crippen molar-refractivity contribution < 1.29 is 102 Å². The van der Waals surface area contributed by atoms with E-state index in [-0.39, 0.29) is 143 Å². The van der Waals surface area contributed by atoms with E-state index in [1.807, 2.05) is 76.2 Å². The number of hydrogen-bond acceptors (Lipinski definition) is 22. The fourth-order valence-corrected chi connectivity index (χ4v) is 10.0. The van der Waals surface area contributed by atoms with Crippen LogP contribution in [0.2, 0.25) is 0 Å². The first-order chi connectivity index (χ1) is 44.7. The third kappa shape index (κ3) is 24.8. The van der Waals surface area contributed by atoms with Gasteiger partial charge in [0.05, 0.1) is 66.1 Å². The normalized spacial score (nSPS) is 27.0. The number of esters is 7. The van der Waals surface area contributed by atoms with Gasteiger partial charge in [-0.05, 0) is 98.4 Å². The largest absolute Gasteiger partial charge is 0.462 e. The van der Waals surface area contributed by atoms with Crippen LogP contribution >= 0.6 is 0 Å². The van der Waals surface area contributed by atoms with Crippen molar-refractivity contribution in [1.29, 1.82) is 0 Å². The van der Waals surface area contributed by atoms with Crippen LogP contribution in [-0.4, -0.2) is 143 Å². The van der Waals surface area contributed by atoms with E-state index in [0.29, 0.717) is 35.5 Å². The molecule has 24 heteroatoms. The van der Waals surface area contributed by atoms with Crippen molar-refractivity contribution in [2.45, 2.75) is 218 Å². The lowest BCUT2D eigenvalue weighted by molar-refractivity contribution is -0.168. The molecule has 7 fully saturated rings. The predicted octanol–water partition coefficient (Wildman–Crippen LogP) is 9.31. The molecule has 0 aromatic heterocycles. The molecule has 0 spiro atoms. The van der Waals surface area contributed by atoms with Crippen LogP contribution in [0.25, 0.3) is 0 Å². The molecule has 98 heavy (non-hydrogen) atoms. The summed E-state index contributed by atoms with van der Waals surface area (Å²) in [5.74, 6) is -2.45. The van der Waals surface area contributed by atoms with E-state index in [2.05, 4.69) is 99.1 Å². The highest BCUT2D eigenvalue weighted by atomic mass is 16.7. The second-order valence-electron chi connectivity index (χ2n) is 30.9. The first-order valence-corrected chi connectivity index (χ1v) is 34.2. The second-order valence-corrected chi connectivity index (χ2v) is 30.9. The molecule has 2 aliphatic carbocycles. The van der Waals surface area contributed by atoms with Crippen LogP contribution in [0.15, 0.2) is 30.3 Å². The fraction of sp³-hybridized carbons (Fsp3) is 0.757. The van der Waals surface area contributed by atoms with Gasteiger partial charge in [-0.3, -0.25) is 63.0 Å². The molecule has 24 nitrogen and oxygen atoms in total. The summed E-state index contributed by atoms with van der Waals surface area (Å²) >= 11 is 0. The number of aliphatic hydroxyl groups excluding tert-OH is 4. The maximum atomic E-state index is 11.7. The molecule has 2 saturated carbocycles. The van der Waals surface area contributed by atoms with Crippen LogP contribution < -0.4 is 10.8 Å². The molecule has 5 heterocycles. The van der Waals surface area contributed by atoms with Crippen molar-refractivity contribution in [1.82, 2.24) is 15.7 Å². The third-order valence-corrected chi connectivity index (χ3v) is 21.6. The van der Waals surface area contributed by atoms with Gasteiger partial charge >= 0.3 is 47.8 Å².